The summed E-state index contributed by atoms with van der Waals surface area (Å²) in [6, 6.07) is 5.99. The van der Waals surface area contributed by atoms with E-state index in [2.05, 4.69) is 0 Å². The molecule has 4 aliphatic rings. The zero-order valence-electron chi connectivity index (χ0n) is 21.4. The van der Waals surface area contributed by atoms with Gasteiger partial charge in [-0.2, -0.15) is 0 Å². The van der Waals surface area contributed by atoms with Crippen molar-refractivity contribution in [1.29, 1.82) is 0 Å². The van der Waals surface area contributed by atoms with Crippen LogP contribution in [0.15, 0.2) is 18.2 Å². The summed E-state index contributed by atoms with van der Waals surface area (Å²) in [4.78, 5) is 39.9. The zero-order chi connectivity index (χ0) is 25.1. The van der Waals surface area contributed by atoms with Gasteiger partial charge >= 0.3 is 12.1 Å². The Morgan fingerprint density at radius 2 is 1.91 bits per heavy atom. The lowest BCUT2D eigenvalue weighted by atomic mass is 9.81. The molecule has 0 radical (unpaired) electrons. The van der Waals surface area contributed by atoms with E-state index in [4.69, 9.17) is 14.2 Å². The second-order valence-corrected chi connectivity index (χ2v) is 11.9. The lowest BCUT2D eigenvalue weighted by Crippen LogP contribution is -2.46. The molecule has 2 aliphatic carbocycles. The van der Waals surface area contributed by atoms with E-state index in [0.29, 0.717) is 36.1 Å². The molecule has 7 heteroatoms. The topological polar surface area (TPSA) is 82.1 Å². The predicted octanol–water partition coefficient (Wildman–Crippen LogP) is 4.97. The zero-order valence-corrected chi connectivity index (χ0v) is 21.4. The van der Waals surface area contributed by atoms with Gasteiger partial charge in [0, 0.05) is 24.9 Å². The van der Waals surface area contributed by atoms with E-state index >= 15 is 0 Å². The Labute approximate surface area is 207 Å². The third-order valence-corrected chi connectivity index (χ3v) is 8.30. The Balaban J connectivity index is 1.31. The number of fused-ring (bicyclic) bond motifs is 3. The Bertz CT molecular complexity index is 1020. The summed E-state index contributed by atoms with van der Waals surface area (Å²) in [6.45, 7) is 8.24. The quantitative estimate of drug-likeness (QED) is 0.550. The summed E-state index contributed by atoms with van der Waals surface area (Å²) in [5.74, 6) is 1.38. The van der Waals surface area contributed by atoms with Gasteiger partial charge in [0.15, 0.2) is 5.78 Å². The number of ether oxygens (including phenoxy) is 3. The first-order valence-corrected chi connectivity index (χ1v) is 13.0. The van der Waals surface area contributed by atoms with Crippen molar-refractivity contribution in [2.45, 2.75) is 83.5 Å². The highest BCUT2D eigenvalue weighted by Crippen LogP contribution is 2.50. The second kappa shape index (κ2) is 8.82. The number of piperidine rings is 1. The Hall–Kier alpha value is -2.57. The number of carbonyl (C=O) groups excluding carboxylic acids is 3. The molecular weight excluding hydrogens is 446 g/mol. The number of amides is 1. The van der Waals surface area contributed by atoms with Gasteiger partial charge in [-0.1, -0.05) is 13.0 Å². The van der Waals surface area contributed by atoms with Crippen LogP contribution in [0.1, 0.15) is 81.6 Å². The van der Waals surface area contributed by atoms with Gasteiger partial charge in [0.25, 0.3) is 0 Å². The number of carbonyl (C=O) groups is 3. The molecule has 35 heavy (non-hydrogen) atoms. The molecule has 2 aliphatic heterocycles. The third kappa shape index (κ3) is 4.66. The van der Waals surface area contributed by atoms with E-state index in [9.17, 15) is 14.4 Å². The summed E-state index contributed by atoms with van der Waals surface area (Å²) in [5.41, 5.74) is 1.16. The molecule has 2 heterocycles. The molecule has 2 saturated carbocycles. The van der Waals surface area contributed by atoms with Crippen LogP contribution < -0.4 is 4.74 Å². The molecule has 0 spiro atoms. The van der Waals surface area contributed by atoms with E-state index in [1.807, 2.05) is 50.8 Å². The predicted molar refractivity (Wildman–Crippen MR) is 129 cm³/mol. The minimum absolute atomic E-state index is 0.0664. The number of rotatable bonds is 5. The van der Waals surface area contributed by atoms with Crippen LogP contribution in [0.25, 0.3) is 0 Å². The maximum atomic E-state index is 13.1. The number of Topliss-reactive ketones (excluding diaryl/α,β-unsaturated/α-hetero) is 1. The van der Waals surface area contributed by atoms with Crippen LogP contribution in [0.5, 0.6) is 5.75 Å². The lowest BCUT2D eigenvalue weighted by molar-refractivity contribution is -0.145. The molecule has 1 aromatic carbocycles. The van der Waals surface area contributed by atoms with Crippen LogP contribution in [-0.4, -0.2) is 54.1 Å². The highest BCUT2D eigenvalue weighted by atomic mass is 16.6. The largest absolute Gasteiger partial charge is 0.489 e. The second-order valence-electron chi connectivity index (χ2n) is 11.9. The van der Waals surface area contributed by atoms with Crippen LogP contribution in [0, 0.1) is 23.7 Å². The summed E-state index contributed by atoms with van der Waals surface area (Å²) < 4.78 is 17.1. The first kappa shape index (κ1) is 24.1. The molecule has 5 rings (SSSR count). The molecule has 0 N–H and O–H groups in total. The molecule has 190 valence electrons. The first-order chi connectivity index (χ1) is 16.6. The van der Waals surface area contributed by atoms with Crippen molar-refractivity contribution in [1.82, 2.24) is 4.90 Å². The molecule has 2 bridgehead atoms. The molecule has 1 amide bonds. The van der Waals surface area contributed by atoms with Gasteiger partial charge in [0.05, 0.1) is 18.6 Å². The number of hydrogen-bond donors (Lipinski definition) is 0. The fourth-order valence-corrected chi connectivity index (χ4v) is 6.56. The van der Waals surface area contributed by atoms with Crippen LogP contribution in [0.2, 0.25) is 0 Å². The number of benzene rings is 1. The molecule has 6 atom stereocenters. The minimum atomic E-state index is -0.512. The molecule has 3 unspecified atom stereocenters. The van der Waals surface area contributed by atoms with Gasteiger partial charge in [0.2, 0.25) is 0 Å². The number of hydrogen-bond acceptors (Lipinski definition) is 6. The van der Waals surface area contributed by atoms with E-state index in [-0.39, 0.29) is 47.7 Å². The van der Waals surface area contributed by atoms with Gasteiger partial charge in [0.1, 0.15) is 17.5 Å². The molecule has 1 aromatic rings. The minimum Gasteiger partial charge on any atom is -0.489 e. The number of ketones is 1. The lowest BCUT2D eigenvalue weighted by Gasteiger charge is -2.38. The van der Waals surface area contributed by atoms with Crippen molar-refractivity contribution in [3.8, 4) is 5.75 Å². The molecule has 7 nitrogen and oxygen atoms in total. The number of likely N-dealkylation sites (tertiary alicyclic amines) is 1. The van der Waals surface area contributed by atoms with Crippen molar-refractivity contribution >= 4 is 17.8 Å². The van der Waals surface area contributed by atoms with Gasteiger partial charge < -0.3 is 19.1 Å². The SMILES string of the molecule is COC(=O)[C@@H](C)[C@H](c1ccc2c(c1)OC(C1CC3C[C@@H]1CN3C(=O)OC(C)(C)C)CC2=O)C1CC1. The van der Waals surface area contributed by atoms with E-state index < -0.39 is 5.60 Å². The van der Waals surface area contributed by atoms with E-state index in [1.165, 1.54) is 7.11 Å². The molecular formula is C28H37NO6. The summed E-state index contributed by atoms with van der Waals surface area (Å²) in [5, 5.41) is 0. The van der Waals surface area contributed by atoms with Crippen LogP contribution in [0.3, 0.4) is 0 Å². The van der Waals surface area contributed by atoms with Crippen molar-refractivity contribution in [3.05, 3.63) is 29.3 Å². The monoisotopic (exact) mass is 483 g/mol. The van der Waals surface area contributed by atoms with Crippen LogP contribution in [0.4, 0.5) is 4.79 Å². The molecule has 3 fully saturated rings. The number of methoxy groups -OCH3 is 1. The standard InChI is InChI=1S/C28H37NO6/c1-15(26(31)33-5)25(16-6-7-16)17-8-9-20-22(30)13-24(34-23(20)11-17)21-12-19-10-18(21)14-29(19)27(32)35-28(2,3)4/h8-9,11,15-16,18-19,21,24-25H,6-7,10,12-14H2,1-5H3/t15-,18+,19?,21?,24?,25-/m0/s1. The fraction of sp³-hybridized carbons (Fsp3) is 0.679. The molecule has 0 aromatic heterocycles. The third-order valence-electron chi connectivity index (χ3n) is 8.30. The molecule has 1 saturated heterocycles. The van der Waals surface area contributed by atoms with Crippen molar-refractivity contribution in [3.63, 3.8) is 0 Å². The van der Waals surface area contributed by atoms with Crippen LogP contribution in [-0.2, 0) is 14.3 Å². The Morgan fingerprint density at radius 3 is 2.51 bits per heavy atom. The Kier molecular flexibility index (Phi) is 6.09. The van der Waals surface area contributed by atoms with E-state index in [1.54, 1.807) is 0 Å². The number of nitrogens with zero attached hydrogens (tertiary/aromatic N) is 1. The van der Waals surface area contributed by atoms with Crippen molar-refractivity contribution < 1.29 is 28.6 Å². The summed E-state index contributed by atoms with van der Waals surface area (Å²) >= 11 is 0. The van der Waals surface area contributed by atoms with Gasteiger partial charge in [-0.15, -0.1) is 0 Å². The van der Waals surface area contributed by atoms with Gasteiger partial charge in [-0.25, -0.2) is 4.79 Å². The highest BCUT2D eigenvalue weighted by Gasteiger charge is 2.51. The number of esters is 1. The maximum absolute atomic E-state index is 13.1. The first-order valence-electron chi connectivity index (χ1n) is 13.0. The van der Waals surface area contributed by atoms with Crippen molar-refractivity contribution in [2.24, 2.45) is 23.7 Å². The fourth-order valence-electron chi connectivity index (χ4n) is 6.56. The van der Waals surface area contributed by atoms with E-state index in [0.717, 1.165) is 31.2 Å². The summed E-state index contributed by atoms with van der Waals surface area (Å²) in [7, 11) is 1.43. The smallest absolute Gasteiger partial charge is 0.410 e. The Morgan fingerprint density at radius 1 is 1.17 bits per heavy atom. The maximum Gasteiger partial charge on any atom is 0.410 e. The normalized spacial score (nSPS) is 29.3. The van der Waals surface area contributed by atoms with Crippen LogP contribution >= 0.6 is 0 Å². The highest BCUT2D eigenvalue weighted by molar-refractivity contribution is 6.00. The summed E-state index contributed by atoms with van der Waals surface area (Å²) in [6.07, 6.45) is 3.92. The van der Waals surface area contributed by atoms with Crippen molar-refractivity contribution in [2.75, 3.05) is 13.7 Å². The average molecular weight is 484 g/mol. The van der Waals surface area contributed by atoms with Gasteiger partial charge in [-0.3, -0.25) is 9.59 Å². The van der Waals surface area contributed by atoms with Gasteiger partial charge in [-0.05, 0) is 81.9 Å². The average Bonchev–Trinajstić information content (AvgIpc) is 3.41.